The number of nitrogens with zero attached hydrogens (tertiary/aromatic N) is 3. The summed E-state index contributed by atoms with van der Waals surface area (Å²) >= 11 is 3.41. The van der Waals surface area contributed by atoms with Gasteiger partial charge in [0.05, 0.1) is 22.3 Å². The van der Waals surface area contributed by atoms with E-state index in [1.54, 1.807) is 22.7 Å². The number of hydrogen-bond donors (Lipinski definition) is 0. The molecule has 23 heavy (non-hydrogen) atoms. The largest absolute Gasteiger partial charge is 0.231 e. The normalized spacial score (nSPS) is 17.6. The van der Waals surface area contributed by atoms with E-state index in [1.807, 2.05) is 6.92 Å². The van der Waals surface area contributed by atoms with E-state index in [2.05, 4.69) is 64.1 Å². The molecule has 3 heterocycles. The smallest absolute Gasteiger partial charge is 0.206 e. The number of hydrazone groups is 1. The maximum Gasteiger partial charge on any atom is 0.206 e. The predicted octanol–water partition coefficient (Wildman–Crippen LogP) is 5.18. The summed E-state index contributed by atoms with van der Waals surface area (Å²) in [7, 11) is 0. The number of thiophene rings is 1. The van der Waals surface area contributed by atoms with Crippen LogP contribution in [0.5, 0.6) is 0 Å². The van der Waals surface area contributed by atoms with Crippen LogP contribution in [0.25, 0.3) is 0 Å². The van der Waals surface area contributed by atoms with Crippen molar-refractivity contribution in [3.05, 3.63) is 68.9 Å². The fourth-order valence-corrected chi connectivity index (χ4v) is 4.45. The Morgan fingerprint density at radius 3 is 2.65 bits per heavy atom. The van der Waals surface area contributed by atoms with E-state index in [0.717, 1.165) is 23.0 Å². The first-order chi connectivity index (χ1) is 11.2. The Hall–Kier alpha value is -1.98. The standard InChI is InChI=1S/C18H17N3S2/c1-12-6-3-4-7-14(12)16-10-15(17-8-5-9-22-17)20-21(16)18-19-13(2)11-23-18/h3-9,11,16H,10H2,1-2H3. The third-order valence-electron chi connectivity index (χ3n) is 4.07. The van der Waals surface area contributed by atoms with Gasteiger partial charge in [-0.15, -0.1) is 22.7 Å². The SMILES string of the molecule is Cc1csc(N2N=C(c3cccs3)CC2c2ccccc2C)n1. The van der Waals surface area contributed by atoms with E-state index in [0.29, 0.717) is 0 Å². The van der Waals surface area contributed by atoms with Crippen LogP contribution in [0.1, 0.15) is 34.2 Å². The molecule has 1 atom stereocenters. The molecule has 0 amide bonds. The van der Waals surface area contributed by atoms with Crippen LogP contribution in [0.3, 0.4) is 0 Å². The number of rotatable bonds is 3. The number of thiazole rings is 1. The molecule has 3 nitrogen and oxygen atoms in total. The topological polar surface area (TPSA) is 28.5 Å². The van der Waals surface area contributed by atoms with Crippen LogP contribution in [-0.4, -0.2) is 10.7 Å². The monoisotopic (exact) mass is 339 g/mol. The number of anilines is 1. The van der Waals surface area contributed by atoms with Crippen LogP contribution in [-0.2, 0) is 0 Å². The first-order valence-corrected chi connectivity index (χ1v) is 9.36. The fraction of sp³-hybridized carbons (Fsp3) is 0.222. The number of hydrogen-bond acceptors (Lipinski definition) is 5. The lowest BCUT2D eigenvalue weighted by molar-refractivity contribution is 0.701. The maximum absolute atomic E-state index is 4.92. The second-order valence-corrected chi connectivity index (χ2v) is 7.50. The van der Waals surface area contributed by atoms with Crippen molar-refractivity contribution < 1.29 is 0 Å². The molecule has 0 aliphatic carbocycles. The zero-order valence-electron chi connectivity index (χ0n) is 13.1. The van der Waals surface area contributed by atoms with Crippen LogP contribution in [0.2, 0.25) is 0 Å². The van der Waals surface area contributed by atoms with Crippen LogP contribution in [0, 0.1) is 13.8 Å². The molecular weight excluding hydrogens is 322 g/mol. The average Bonchev–Trinajstić information content (AvgIpc) is 3.27. The molecule has 5 heteroatoms. The van der Waals surface area contributed by atoms with Gasteiger partial charge in [0.2, 0.25) is 5.13 Å². The lowest BCUT2D eigenvalue weighted by Crippen LogP contribution is -2.19. The number of aryl methyl sites for hydroxylation is 2. The van der Waals surface area contributed by atoms with Crippen molar-refractivity contribution in [3.8, 4) is 0 Å². The van der Waals surface area contributed by atoms with Crippen molar-refractivity contribution in [1.82, 2.24) is 4.98 Å². The summed E-state index contributed by atoms with van der Waals surface area (Å²) in [5, 5.41) is 12.2. The summed E-state index contributed by atoms with van der Waals surface area (Å²) < 4.78 is 0. The first kappa shape index (κ1) is 14.6. The van der Waals surface area contributed by atoms with Crippen molar-refractivity contribution in [2.45, 2.75) is 26.3 Å². The second kappa shape index (κ2) is 5.91. The maximum atomic E-state index is 4.92. The molecule has 1 aliphatic rings. The van der Waals surface area contributed by atoms with Gasteiger partial charge < -0.3 is 0 Å². The molecular formula is C18H17N3S2. The zero-order chi connectivity index (χ0) is 15.8. The molecule has 3 aromatic rings. The molecule has 0 spiro atoms. The molecule has 0 bridgehead atoms. The van der Waals surface area contributed by atoms with Crippen molar-refractivity contribution in [3.63, 3.8) is 0 Å². The molecule has 116 valence electrons. The molecule has 1 aromatic carbocycles. The van der Waals surface area contributed by atoms with E-state index < -0.39 is 0 Å². The van der Waals surface area contributed by atoms with Gasteiger partial charge in [-0.3, -0.25) is 0 Å². The van der Waals surface area contributed by atoms with Crippen molar-refractivity contribution >= 4 is 33.5 Å². The van der Waals surface area contributed by atoms with E-state index >= 15 is 0 Å². The first-order valence-electron chi connectivity index (χ1n) is 7.60. The Bertz CT molecular complexity index is 849. The van der Waals surface area contributed by atoms with Gasteiger partial charge in [-0.2, -0.15) is 5.10 Å². The lowest BCUT2D eigenvalue weighted by Gasteiger charge is -2.22. The Morgan fingerprint density at radius 1 is 1.09 bits per heavy atom. The van der Waals surface area contributed by atoms with Gasteiger partial charge in [-0.05, 0) is 36.4 Å². The van der Waals surface area contributed by atoms with E-state index in [9.17, 15) is 0 Å². The third-order valence-corrected chi connectivity index (χ3v) is 5.93. The lowest BCUT2D eigenvalue weighted by atomic mass is 9.97. The minimum atomic E-state index is 0.221. The van der Waals surface area contributed by atoms with Crippen LogP contribution in [0.4, 0.5) is 5.13 Å². The summed E-state index contributed by atoms with van der Waals surface area (Å²) in [4.78, 5) is 5.90. The second-order valence-electron chi connectivity index (χ2n) is 5.72. The summed E-state index contributed by atoms with van der Waals surface area (Å²) in [6.45, 7) is 4.20. The average molecular weight is 339 g/mol. The van der Waals surface area contributed by atoms with E-state index in [4.69, 9.17) is 5.10 Å². The van der Waals surface area contributed by atoms with Gasteiger partial charge in [0.25, 0.3) is 0 Å². The zero-order valence-corrected chi connectivity index (χ0v) is 14.7. The molecule has 0 saturated carbocycles. The van der Waals surface area contributed by atoms with Gasteiger partial charge >= 0.3 is 0 Å². The predicted molar refractivity (Wildman–Crippen MR) is 98.7 cm³/mol. The van der Waals surface area contributed by atoms with E-state index in [-0.39, 0.29) is 6.04 Å². The highest BCUT2D eigenvalue weighted by Crippen LogP contribution is 2.39. The van der Waals surface area contributed by atoms with Gasteiger partial charge in [-0.1, -0.05) is 30.3 Å². The highest BCUT2D eigenvalue weighted by Gasteiger charge is 2.32. The Morgan fingerprint density at radius 2 is 1.96 bits per heavy atom. The van der Waals surface area contributed by atoms with Crippen LogP contribution in [0.15, 0.2) is 52.3 Å². The molecule has 1 unspecified atom stereocenters. The number of benzene rings is 1. The van der Waals surface area contributed by atoms with Gasteiger partial charge in [-0.25, -0.2) is 9.99 Å². The summed E-state index contributed by atoms with van der Waals surface area (Å²) in [6, 6.07) is 13.0. The third kappa shape index (κ3) is 2.71. The molecule has 0 radical (unpaired) electrons. The quantitative estimate of drug-likeness (QED) is 0.658. The molecule has 0 fully saturated rings. The molecule has 0 N–H and O–H groups in total. The molecule has 1 aliphatic heterocycles. The summed E-state index contributed by atoms with van der Waals surface area (Å²) in [5.41, 5.74) is 4.84. The summed E-state index contributed by atoms with van der Waals surface area (Å²) in [6.07, 6.45) is 0.921. The molecule has 4 rings (SSSR count). The Balaban J connectivity index is 1.77. The minimum Gasteiger partial charge on any atom is -0.231 e. The van der Waals surface area contributed by atoms with Crippen molar-refractivity contribution in [2.75, 3.05) is 5.01 Å². The highest BCUT2D eigenvalue weighted by atomic mass is 32.1. The Kier molecular flexibility index (Phi) is 3.75. The van der Waals surface area contributed by atoms with Gasteiger partial charge in [0, 0.05) is 11.8 Å². The number of aromatic nitrogens is 1. The molecule has 0 saturated heterocycles. The van der Waals surface area contributed by atoms with Gasteiger partial charge in [0.1, 0.15) is 0 Å². The van der Waals surface area contributed by atoms with Crippen molar-refractivity contribution in [2.24, 2.45) is 5.10 Å². The fourth-order valence-electron chi connectivity index (χ4n) is 2.93. The molecule has 2 aromatic heterocycles. The van der Waals surface area contributed by atoms with Crippen LogP contribution >= 0.6 is 22.7 Å². The van der Waals surface area contributed by atoms with Gasteiger partial charge in [0.15, 0.2) is 0 Å². The van der Waals surface area contributed by atoms with Crippen molar-refractivity contribution in [1.29, 1.82) is 0 Å². The van der Waals surface area contributed by atoms with Crippen LogP contribution < -0.4 is 5.01 Å². The highest BCUT2D eigenvalue weighted by molar-refractivity contribution is 7.13. The van der Waals surface area contributed by atoms with E-state index in [1.165, 1.54) is 16.0 Å². The minimum absolute atomic E-state index is 0.221. The summed E-state index contributed by atoms with van der Waals surface area (Å²) in [5.74, 6) is 0. The Labute approximate surface area is 143 Å².